The number of anilines is 2. The van der Waals surface area contributed by atoms with Crippen molar-refractivity contribution in [3.63, 3.8) is 0 Å². The second kappa shape index (κ2) is 5.93. The van der Waals surface area contributed by atoms with Crippen LogP contribution in [-0.4, -0.2) is 37.8 Å². The Morgan fingerprint density at radius 3 is 2.76 bits per heavy atom. The van der Waals surface area contributed by atoms with Crippen molar-refractivity contribution in [3.8, 4) is 5.75 Å². The van der Waals surface area contributed by atoms with E-state index in [1.165, 1.54) is 5.69 Å². The van der Waals surface area contributed by atoms with Gasteiger partial charge in [0.25, 0.3) is 0 Å². The van der Waals surface area contributed by atoms with Crippen molar-refractivity contribution in [2.24, 2.45) is 0 Å². The Bertz CT molecular complexity index is 613. The average Bonchev–Trinajstić information content (AvgIpc) is 2.93. The third kappa shape index (κ3) is 2.83. The zero-order chi connectivity index (χ0) is 14.8. The average molecular weight is 303 g/mol. The number of ether oxygens (including phenoxy) is 1. The van der Waals surface area contributed by atoms with E-state index in [4.69, 9.17) is 4.74 Å². The first-order valence-corrected chi connectivity index (χ1v) is 8.13. The van der Waals surface area contributed by atoms with E-state index in [0.29, 0.717) is 6.04 Å². The van der Waals surface area contributed by atoms with E-state index in [1.54, 1.807) is 18.4 Å². The Kier molecular flexibility index (Phi) is 4.01. The molecule has 1 aliphatic heterocycles. The first-order valence-electron chi connectivity index (χ1n) is 7.26. The molecule has 3 rings (SSSR count). The van der Waals surface area contributed by atoms with E-state index in [2.05, 4.69) is 46.1 Å². The molecule has 21 heavy (non-hydrogen) atoms. The fourth-order valence-corrected chi connectivity index (χ4v) is 3.76. The molecule has 2 aromatic rings. The summed E-state index contributed by atoms with van der Waals surface area (Å²) in [4.78, 5) is 9.43. The summed E-state index contributed by atoms with van der Waals surface area (Å²) in [5.74, 6) is 0.947. The van der Waals surface area contributed by atoms with Crippen LogP contribution in [0, 0.1) is 6.92 Å². The number of rotatable bonds is 3. The zero-order valence-corrected chi connectivity index (χ0v) is 13.6. The predicted octanol–water partition coefficient (Wildman–Crippen LogP) is 3.18. The molecule has 1 aliphatic rings. The van der Waals surface area contributed by atoms with Gasteiger partial charge in [-0.15, -0.1) is 11.3 Å². The van der Waals surface area contributed by atoms with Gasteiger partial charge in [-0.3, -0.25) is 0 Å². The van der Waals surface area contributed by atoms with E-state index in [1.807, 2.05) is 12.1 Å². The maximum absolute atomic E-state index is 5.48. The fourth-order valence-electron chi connectivity index (χ4n) is 2.83. The minimum Gasteiger partial charge on any atom is -0.495 e. The lowest BCUT2D eigenvalue weighted by molar-refractivity contribution is 0.412. The maximum Gasteiger partial charge on any atom is 0.185 e. The van der Waals surface area contributed by atoms with Gasteiger partial charge in [0.05, 0.1) is 18.5 Å². The second-order valence-corrected chi connectivity index (χ2v) is 6.27. The van der Waals surface area contributed by atoms with Crippen molar-refractivity contribution in [1.29, 1.82) is 0 Å². The zero-order valence-electron chi connectivity index (χ0n) is 12.7. The van der Waals surface area contributed by atoms with Crippen molar-refractivity contribution >= 4 is 22.2 Å². The first-order chi connectivity index (χ1) is 10.2. The molecule has 4 nitrogen and oxygen atoms in total. The quantitative estimate of drug-likeness (QED) is 0.871. The minimum atomic E-state index is 0.439. The fraction of sp³-hybridized carbons (Fsp3) is 0.438. The highest BCUT2D eigenvalue weighted by molar-refractivity contribution is 7.13. The van der Waals surface area contributed by atoms with Crippen LogP contribution in [-0.2, 0) is 0 Å². The van der Waals surface area contributed by atoms with Gasteiger partial charge in [0, 0.05) is 31.1 Å². The van der Waals surface area contributed by atoms with Crippen LogP contribution in [0.25, 0.3) is 0 Å². The molecular formula is C16H21N3OS. The van der Waals surface area contributed by atoms with E-state index < -0.39 is 0 Å². The summed E-state index contributed by atoms with van der Waals surface area (Å²) < 4.78 is 5.48. The minimum absolute atomic E-state index is 0.439. The molecule has 0 radical (unpaired) electrons. The summed E-state index contributed by atoms with van der Waals surface area (Å²) in [6.07, 6.45) is 0. The number of piperazine rings is 1. The first kappa shape index (κ1) is 14.2. The Balaban J connectivity index is 1.76. The lowest BCUT2D eigenvalue weighted by Crippen LogP contribution is -2.52. The van der Waals surface area contributed by atoms with Crippen molar-refractivity contribution < 1.29 is 4.74 Å². The van der Waals surface area contributed by atoms with Crippen molar-refractivity contribution in [2.45, 2.75) is 19.9 Å². The predicted molar refractivity (Wildman–Crippen MR) is 88.9 cm³/mol. The molecule has 1 aromatic carbocycles. The second-order valence-electron chi connectivity index (χ2n) is 5.43. The normalized spacial score (nSPS) is 18.9. The lowest BCUT2D eigenvalue weighted by Gasteiger charge is -2.41. The van der Waals surface area contributed by atoms with Crippen LogP contribution < -0.4 is 14.5 Å². The van der Waals surface area contributed by atoms with Gasteiger partial charge in [0.1, 0.15) is 5.75 Å². The highest BCUT2D eigenvalue weighted by Gasteiger charge is 2.26. The Morgan fingerprint density at radius 2 is 2.10 bits per heavy atom. The molecule has 0 N–H and O–H groups in total. The number of hydrogen-bond donors (Lipinski definition) is 0. The van der Waals surface area contributed by atoms with E-state index in [9.17, 15) is 0 Å². The number of thiazole rings is 1. The van der Waals surface area contributed by atoms with E-state index in [-0.39, 0.29) is 0 Å². The van der Waals surface area contributed by atoms with Crippen LogP contribution in [0.15, 0.2) is 29.6 Å². The molecule has 0 saturated carbocycles. The molecule has 5 heteroatoms. The van der Waals surface area contributed by atoms with Crippen LogP contribution in [0.3, 0.4) is 0 Å². The molecule has 1 fully saturated rings. The molecule has 1 atom stereocenters. The van der Waals surface area contributed by atoms with Gasteiger partial charge in [-0.1, -0.05) is 12.1 Å². The Hall–Kier alpha value is -1.75. The number of aromatic nitrogens is 1. The number of aryl methyl sites for hydroxylation is 1. The summed E-state index contributed by atoms with van der Waals surface area (Å²) in [7, 11) is 1.73. The topological polar surface area (TPSA) is 28.6 Å². The highest BCUT2D eigenvalue weighted by Crippen LogP contribution is 2.31. The summed E-state index contributed by atoms with van der Waals surface area (Å²) in [6.45, 7) is 7.28. The molecule has 1 aromatic heterocycles. The van der Waals surface area contributed by atoms with Gasteiger partial charge in [-0.25, -0.2) is 4.98 Å². The summed E-state index contributed by atoms with van der Waals surface area (Å²) in [6, 6.07) is 8.68. The molecule has 0 unspecified atom stereocenters. The van der Waals surface area contributed by atoms with Crippen LogP contribution >= 0.6 is 11.3 Å². The summed E-state index contributed by atoms with van der Waals surface area (Å²) >= 11 is 1.74. The van der Waals surface area contributed by atoms with Crippen molar-refractivity contribution in [3.05, 3.63) is 35.3 Å². The Labute approximate surface area is 130 Å². The number of para-hydroxylation sites is 2. The molecular weight excluding hydrogens is 282 g/mol. The van der Waals surface area contributed by atoms with Gasteiger partial charge in [-0.05, 0) is 26.0 Å². The molecule has 0 aliphatic carbocycles. The smallest absolute Gasteiger partial charge is 0.185 e. The largest absolute Gasteiger partial charge is 0.495 e. The SMILES string of the molecule is COc1ccccc1N1CCN(c2nc(C)cs2)[C@@H](C)C1. The molecule has 0 amide bonds. The maximum atomic E-state index is 5.48. The molecule has 0 bridgehead atoms. The van der Waals surface area contributed by atoms with Gasteiger partial charge < -0.3 is 14.5 Å². The third-order valence-electron chi connectivity index (χ3n) is 3.91. The number of hydrogen-bond acceptors (Lipinski definition) is 5. The van der Waals surface area contributed by atoms with Crippen LogP contribution in [0.1, 0.15) is 12.6 Å². The van der Waals surface area contributed by atoms with Crippen LogP contribution in [0.4, 0.5) is 10.8 Å². The van der Waals surface area contributed by atoms with Crippen LogP contribution in [0.5, 0.6) is 5.75 Å². The van der Waals surface area contributed by atoms with E-state index in [0.717, 1.165) is 36.2 Å². The lowest BCUT2D eigenvalue weighted by atomic mass is 10.1. The van der Waals surface area contributed by atoms with Gasteiger partial charge >= 0.3 is 0 Å². The number of nitrogens with zero attached hydrogens (tertiary/aromatic N) is 3. The standard InChI is InChI=1S/C16H21N3OS/c1-12-11-21-16(17-12)19-9-8-18(10-13(19)2)14-6-4-5-7-15(14)20-3/h4-7,11,13H,8-10H2,1-3H3/t13-/m0/s1. The van der Waals surface area contributed by atoms with E-state index >= 15 is 0 Å². The molecule has 2 heterocycles. The molecule has 0 spiro atoms. The number of methoxy groups -OCH3 is 1. The number of benzene rings is 1. The summed E-state index contributed by atoms with van der Waals surface area (Å²) in [5.41, 5.74) is 2.29. The van der Waals surface area contributed by atoms with Crippen molar-refractivity contribution in [1.82, 2.24) is 4.98 Å². The molecule has 112 valence electrons. The summed E-state index contributed by atoms with van der Waals surface area (Å²) in [5, 5.41) is 3.26. The molecule has 1 saturated heterocycles. The highest BCUT2D eigenvalue weighted by atomic mass is 32.1. The third-order valence-corrected chi connectivity index (χ3v) is 4.90. The van der Waals surface area contributed by atoms with Crippen molar-refractivity contribution in [2.75, 3.05) is 36.5 Å². The van der Waals surface area contributed by atoms with Gasteiger partial charge in [0.15, 0.2) is 5.13 Å². The monoisotopic (exact) mass is 303 g/mol. The van der Waals surface area contributed by atoms with Crippen LogP contribution in [0.2, 0.25) is 0 Å². The Morgan fingerprint density at radius 1 is 1.29 bits per heavy atom. The van der Waals surface area contributed by atoms with Gasteiger partial charge in [-0.2, -0.15) is 0 Å². The van der Waals surface area contributed by atoms with Gasteiger partial charge in [0.2, 0.25) is 0 Å².